The molecular formula is C16H21NO3. The molecule has 0 radical (unpaired) electrons. The van der Waals surface area contributed by atoms with E-state index in [0.29, 0.717) is 12.5 Å². The van der Waals surface area contributed by atoms with Crippen LogP contribution in [-0.4, -0.2) is 32.3 Å². The molecule has 0 unspecified atom stereocenters. The molecule has 0 amide bonds. The summed E-state index contributed by atoms with van der Waals surface area (Å²) in [4.78, 5) is 4.57. The first-order valence-corrected chi connectivity index (χ1v) is 6.58. The summed E-state index contributed by atoms with van der Waals surface area (Å²) >= 11 is 0. The van der Waals surface area contributed by atoms with E-state index < -0.39 is 0 Å². The summed E-state index contributed by atoms with van der Waals surface area (Å²) in [5, 5.41) is 0. The van der Waals surface area contributed by atoms with Crippen molar-refractivity contribution >= 4 is 12.0 Å². The summed E-state index contributed by atoms with van der Waals surface area (Å²) in [6, 6.07) is 5.75. The molecule has 0 aromatic heterocycles. The zero-order valence-electron chi connectivity index (χ0n) is 12.7. The Labute approximate surface area is 120 Å². The smallest absolute Gasteiger partial charge is 0.212 e. The first-order chi connectivity index (χ1) is 9.43. The summed E-state index contributed by atoms with van der Waals surface area (Å²) in [5.41, 5.74) is 1.84. The molecule has 108 valence electrons. The van der Waals surface area contributed by atoms with Crippen LogP contribution in [0.1, 0.15) is 26.3 Å². The van der Waals surface area contributed by atoms with Gasteiger partial charge in [-0.15, -0.1) is 0 Å². The fourth-order valence-electron chi connectivity index (χ4n) is 2.01. The Morgan fingerprint density at radius 2 is 1.80 bits per heavy atom. The zero-order chi connectivity index (χ0) is 14.8. The van der Waals surface area contributed by atoms with E-state index in [-0.39, 0.29) is 5.54 Å². The molecule has 1 heterocycles. The third-order valence-electron chi connectivity index (χ3n) is 3.06. The summed E-state index contributed by atoms with van der Waals surface area (Å²) in [6.07, 6.45) is 2.02. The van der Waals surface area contributed by atoms with Crippen LogP contribution < -0.4 is 9.47 Å². The molecule has 0 bridgehead atoms. The highest BCUT2D eigenvalue weighted by molar-refractivity contribution is 5.98. The average molecular weight is 275 g/mol. The van der Waals surface area contributed by atoms with Crippen LogP contribution in [0.3, 0.4) is 0 Å². The van der Waals surface area contributed by atoms with Gasteiger partial charge in [0, 0.05) is 11.6 Å². The number of nitrogens with zero attached hydrogens (tertiary/aromatic N) is 1. The second-order valence-electron chi connectivity index (χ2n) is 5.49. The van der Waals surface area contributed by atoms with E-state index in [1.54, 1.807) is 14.2 Å². The van der Waals surface area contributed by atoms with E-state index >= 15 is 0 Å². The Hall–Kier alpha value is -1.97. The molecule has 0 saturated heterocycles. The van der Waals surface area contributed by atoms with Crippen molar-refractivity contribution in [3.63, 3.8) is 0 Å². The minimum atomic E-state index is -0.142. The van der Waals surface area contributed by atoms with E-state index in [0.717, 1.165) is 22.6 Å². The van der Waals surface area contributed by atoms with Crippen LogP contribution in [0.15, 0.2) is 28.8 Å². The first-order valence-electron chi connectivity index (χ1n) is 6.58. The minimum Gasteiger partial charge on any atom is -0.497 e. The van der Waals surface area contributed by atoms with Gasteiger partial charge in [-0.2, -0.15) is 0 Å². The van der Waals surface area contributed by atoms with Gasteiger partial charge in [-0.25, -0.2) is 4.99 Å². The van der Waals surface area contributed by atoms with Gasteiger partial charge in [0.25, 0.3) is 0 Å². The second-order valence-corrected chi connectivity index (χ2v) is 5.49. The molecule has 4 heteroatoms. The Kier molecular flexibility index (Phi) is 4.02. The molecule has 0 aliphatic carbocycles. The van der Waals surface area contributed by atoms with Crippen LogP contribution >= 0.6 is 0 Å². The molecule has 4 nitrogen and oxygen atoms in total. The predicted molar refractivity (Wildman–Crippen MR) is 80.7 cm³/mol. The van der Waals surface area contributed by atoms with Crippen LogP contribution in [0.4, 0.5) is 0 Å². The van der Waals surface area contributed by atoms with Crippen LogP contribution in [0, 0.1) is 0 Å². The van der Waals surface area contributed by atoms with Gasteiger partial charge in [0.1, 0.15) is 18.1 Å². The standard InChI is InChI=1S/C16H21NO3/c1-11(15-17-16(2,3)10-20-15)6-12-7-13(18-4)9-14(8-12)19-5/h6-9H,10H2,1-5H3/b11-6+. The van der Waals surface area contributed by atoms with Gasteiger partial charge in [-0.1, -0.05) is 0 Å². The van der Waals surface area contributed by atoms with Crippen LogP contribution in [0.5, 0.6) is 11.5 Å². The van der Waals surface area contributed by atoms with E-state index in [4.69, 9.17) is 14.2 Å². The van der Waals surface area contributed by atoms with Crippen LogP contribution in [-0.2, 0) is 4.74 Å². The number of hydrogen-bond donors (Lipinski definition) is 0. The highest BCUT2D eigenvalue weighted by atomic mass is 16.5. The number of hydrogen-bond acceptors (Lipinski definition) is 4. The summed E-state index contributed by atoms with van der Waals surface area (Å²) < 4.78 is 16.2. The van der Waals surface area contributed by atoms with Crippen molar-refractivity contribution in [2.24, 2.45) is 4.99 Å². The Bertz CT molecular complexity index is 537. The minimum absolute atomic E-state index is 0.142. The number of aliphatic imine (C=N–C) groups is 1. The van der Waals surface area contributed by atoms with Crippen molar-refractivity contribution in [3.05, 3.63) is 29.3 Å². The lowest BCUT2D eigenvalue weighted by molar-refractivity contribution is 0.279. The number of methoxy groups -OCH3 is 2. The van der Waals surface area contributed by atoms with Crippen molar-refractivity contribution < 1.29 is 14.2 Å². The van der Waals surface area contributed by atoms with E-state index in [9.17, 15) is 0 Å². The largest absolute Gasteiger partial charge is 0.497 e. The van der Waals surface area contributed by atoms with Gasteiger partial charge < -0.3 is 14.2 Å². The fraction of sp³-hybridized carbons (Fsp3) is 0.438. The molecule has 1 aromatic rings. The molecule has 1 aliphatic heterocycles. The summed E-state index contributed by atoms with van der Waals surface area (Å²) in [6.45, 7) is 6.73. The molecule has 20 heavy (non-hydrogen) atoms. The summed E-state index contributed by atoms with van der Waals surface area (Å²) in [7, 11) is 3.28. The molecule has 1 aromatic carbocycles. The molecule has 0 atom stereocenters. The van der Waals surface area contributed by atoms with Crippen molar-refractivity contribution in [3.8, 4) is 11.5 Å². The maximum absolute atomic E-state index is 5.63. The third-order valence-corrected chi connectivity index (χ3v) is 3.06. The van der Waals surface area contributed by atoms with Crippen LogP contribution in [0.25, 0.3) is 6.08 Å². The van der Waals surface area contributed by atoms with E-state index in [1.807, 2.05) is 31.2 Å². The van der Waals surface area contributed by atoms with Crippen molar-refractivity contribution in [1.82, 2.24) is 0 Å². The van der Waals surface area contributed by atoms with Crippen molar-refractivity contribution in [2.45, 2.75) is 26.3 Å². The topological polar surface area (TPSA) is 40.0 Å². The third kappa shape index (κ3) is 3.32. The average Bonchev–Trinajstić information content (AvgIpc) is 2.78. The van der Waals surface area contributed by atoms with Gasteiger partial charge in [-0.05, 0) is 44.5 Å². The van der Waals surface area contributed by atoms with Gasteiger partial charge in [0.05, 0.1) is 19.8 Å². The van der Waals surface area contributed by atoms with Gasteiger partial charge >= 0.3 is 0 Å². The lowest BCUT2D eigenvalue weighted by atomic mass is 10.1. The van der Waals surface area contributed by atoms with Gasteiger partial charge in [0.2, 0.25) is 5.90 Å². The van der Waals surface area contributed by atoms with Crippen molar-refractivity contribution in [1.29, 1.82) is 0 Å². The molecular weight excluding hydrogens is 254 g/mol. The van der Waals surface area contributed by atoms with Crippen LogP contribution in [0.2, 0.25) is 0 Å². The van der Waals surface area contributed by atoms with Gasteiger partial charge in [-0.3, -0.25) is 0 Å². The Morgan fingerprint density at radius 1 is 1.20 bits per heavy atom. The maximum Gasteiger partial charge on any atom is 0.212 e. The zero-order valence-corrected chi connectivity index (χ0v) is 12.7. The molecule has 0 fully saturated rings. The van der Waals surface area contributed by atoms with E-state index in [1.165, 1.54) is 0 Å². The normalized spacial score (nSPS) is 17.4. The van der Waals surface area contributed by atoms with Crippen molar-refractivity contribution in [2.75, 3.05) is 20.8 Å². The molecule has 1 aliphatic rings. The number of rotatable bonds is 4. The highest BCUT2D eigenvalue weighted by Crippen LogP contribution is 2.26. The molecule has 0 saturated carbocycles. The quantitative estimate of drug-likeness (QED) is 0.846. The molecule has 2 rings (SSSR count). The summed E-state index contributed by atoms with van der Waals surface area (Å²) in [5.74, 6) is 2.23. The Balaban J connectivity index is 2.30. The highest BCUT2D eigenvalue weighted by Gasteiger charge is 2.26. The maximum atomic E-state index is 5.63. The van der Waals surface area contributed by atoms with E-state index in [2.05, 4.69) is 18.8 Å². The number of ether oxygens (including phenoxy) is 3. The monoisotopic (exact) mass is 275 g/mol. The molecule has 0 N–H and O–H groups in total. The predicted octanol–water partition coefficient (Wildman–Crippen LogP) is 3.31. The fourth-order valence-corrected chi connectivity index (χ4v) is 2.01. The lowest BCUT2D eigenvalue weighted by Gasteiger charge is -2.07. The first kappa shape index (κ1) is 14.4. The van der Waals surface area contributed by atoms with Gasteiger partial charge in [0.15, 0.2) is 0 Å². The second kappa shape index (κ2) is 5.57. The SMILES string of the molecule is COc1cc(/C=C(\C)C2=NC(C)(C)CO2)cc(OC)c1. The number of benzene rings is 1. The molecule has 0 spiro atoms. The lowest BCUT2D eigenvalue weighted by Crippen LogP contribution is -2.17. The Morgan fingerprint density at radius 3 is 2.25 bits per heavy atom.